The number of ether oxygens (including phenoxy) is 1. The van der Waals surface area contributed by atoms with Gasteiger partial charge in [0.15, 0.2) is 0 Å². The second kappa shape index (κ2) is 8.65. The number of hydrogen-bond acceptors (Lipinski definition) is 5. The molecule has 0 aliphatic heterocycles. The van der Waals surface area contributed by atoms with Crippen LogP contribution in [0.3, 0.4) is 0 Å². The van der Waals surface area contributed by atoms with E-state index in [-0.39, 0.29) is 18.3 Å². The Morgan fingerprint density at radius 2 is 1.76 bits per heavy atom. The van der Waals surface area contributed by atoms with Gasteiger partial charge in [-0.3, -0.25) is 0 Å². The Balaban J connectivity index is 0.00000225. The minimum absolute atomic E-state index is 0. The Morgan fingerprint density at radius 1 is 1.08 bits per heavy atom. The molecular weight excluding hydrogens is 338 g/mol. The molecule has 6 heteroatoms. The van der Waals surface area contributed by atoms with E-state index in [1.807, 2.05) is 36.4 Å². The molecule has 1 aromatic heterocycles. The largest absolute Gasteiger partial charge is 0.497 e. The third-order valence-electron chi connectivity index (χ3n) is 4.08. The Kier molecular flexibility index (Phi) is 6.56. The molecule has 0 fully saturated rings. The minimum atomic E-state index is 0. The summed E-state index contributed by atoms with van der Waals surface area (Å²) in [7, 11) is 1.67. The maximum Gasteiger partial charge on any atom is 0.227 e. The van der Waals surface area contributed by atoms with Gasteiger partial charge in [-0.2, -0.15) is 4.98 Å². The SMILES string of the molecule is COc1ccc(C(C)Cc2nc(-c3ccc(CN)cc3)no2)cc1.Cl. The lowest BCUT2D eigenvalue weighted by molar-refractivity contribution is 0.372. The number of rotatable bonds is 6. The van der Waals surface area contributed by atoms with E-state index in [0.29, 0.717) is 24.7 Å². The monoisotopic (exact) mass is 359 g/mol. The van der Waals surface area contributed by atoms with Crippen LogP contribution in [0.4, 0.5) is 0 Å². The average Bonchev–Trinajstić information content (AvgIpc) is 3.10. The molecule has 132 valence electrons. The Hall–Kier alpha value is -2.37. The first-order valence-electron chi connectivity index (χ1n) is 7.95. The number of benzene rings is 2. The standard InChI is InChI=1S/C19H21N3O2.ClH/c1-13(15-7-9-17(23-2)10-8-15)11-18-21-19(22-24-18)16-5-3-14(12-20)4-6-16;/h3-10,13H,11-12,20H2,1-2H3;1H. The van der Waals surface area contributed by atoms with Gasteiger partial charge in [0.2, 0.25) is 11.7 Å². The van der Waals surface area contributed by atoms with Crippen molar-refractivity contribution in [1.29, 1.82) is 0 Å². The van der Waals surface area contributed by atoms with Gasteiger partial charge in [-0.25, -0.2) is 0 Å². The van der Waals surface area contributed by atoms with Gasteiger partial charge in [-0.1, -0.05) is 48.5 Å². The highest BCUT2D eigenvalue weighted by Crippen LogP contribution is 2.23. The van der Waals surface area contributed by atoms with E-state index in [0.717, 1.165) is 16.9 Å². The smallest absolute Gasteiger partial charge is 0.227 e. The second-order valence-corrected chi connectivity index (χ2v) is 5.79. The second-order valence-electron chi connectivity index (χ2n) is 5.79. The maximum atomic E-state index is 5.61. The Bertz CT molecular complexity index is 785. The Labute approximate surface area is 153 Å². The van der Waals surface area contributed by atoms with Gasteiger partial charge in [0.05, 0.1) is 7.11 Å². The fourth-order valence-corrected chi connectivity index (χ4v) is 2.56. The fourth-order valence-electron chi connectivity index (χ4n) is 2.56. The molecule has 0 spiro atoms. The van der Waals surface area contributed by atoms with Gasteiger partial charge < -0.3 is 15.0 Å². The van der Waals surface area contributed by atoms with Crippen LogP contribution < -0.4 is 10.5 Å². The highest BCUT2D eigenvalue weighted by atomic mass is 35.5. The van der Waals surface area contributed by atoms with E-state index in [1.165, 1.54) is 5.56 Å². The maximum absolute atomic E-state index is 5.61. The molecule has 2 aromatic carbocycles. The fraction of sp³-hybridized carbons (Fsp3) is 0.263. The molecule has 2 N–H and O–H groups in total. The van der Waals surface area contributed by atoms with Gasteiger partial charge >= 0.3 is 0 Å². The summed E-state index contributed by atoms with van der Waals surface area (Å²) in [6, 6.07) is 15.9. The molecule has 1 heterocycles. The molecular formula is C19H22ClN3O2. The predicted octanol–water partition coefficient (Wildman–Crippen LogP) is 3.97. The van der Waals surface area contributed by atoms with Gasteiger partial charge in [0.25, 0.3) is 0 Å². The summed E-state index contributed by atoms with van der Waals surface area (Å²) in [5, 5.41) is 4.08. The lowest BCUT2D eigenvalue weighted by atomic mass is 9.98. The van der Waals surface area contributed by atoms with Crippen LogP contribution in [0.2, 0.25) is 0 Å². The third kappa shape index (κ3) is 4.59. The van der Waals surface area contributed by atoms with E-state index in [2.05, 4.69) is 29.2 Å². The summed E-state index contributed by atoms with van der Waals surface area (Å²) in [5.74, 6) is 2.38. The highest BCUT2D eigenvalue weighted by Gasteiger charge is 2.13. The van der Waals surface area contributed by atoms with E-state index in [1.54, 1.807) is 7.11 Å². The van der Waals surface area contributed by atoms with Crippen molar-refractivity contribution in [1.82, 2.24) is 10.1 Å². The van der Waals surface area contributed by atoms with Crippen molar-refractivity contribution in [2.24, 2.45) is 5.73 Å². The molecule has 25 heavy (non-hydrogen) atoms. The lowest BCUT2D eigenvalue weighted by Crippen LogP contribution is -1.99. The summed E-state index contributed by atoms with van der Waals surface area (Å²) < 4.78 is 10.6. The number of nitrogens with two attached hydrogens (primary N) is 1. The van der Waals surface area contributed by atoms with E-state index in [4.69, 9.17) is 15.0 Å². The van der Waals surface area contributed by atoms with Crippen molar-refractivity contribution in [3.63, 3.8) is 0 Å². The number of hydrogen-bond donors (Lipinski definition) is 1. The van der Waals surface area contributed by atoms with Gasteiger partial charge in [0, 0.05) is 18.5 Å². The number of aromatic nitrogens is 2. The van der Waals surface area contributed by atoms with E-state index < -0.39 is 0 Å². The van der Waals surface area contributed by atoms with Crippen LogP contribution in [0.5, 0.6) is 5.75 Å². The molecule has 0 bridgehead atoms. The van der Waals surface area contributed by atoms with Crippen LogP contribution in [0.25, 0.3) is 11.4 Å². The first-order chi connectivity index (χ1) is 11.7. The normalized spacial score (nSPS) is 11.6. The van der Waals surface area contributed by atoms with Crippen LogP contribution in [-0.2, 0) is 13.0 Å². The Morgan fingerprint density at radius 3 is 2.36 bits per heavy atom. The van der Waals surface area contributed by atoms with Crippen molar-refractivity contribution < 1.29 is 9.26 Å². The van der Waals surface area contributed by atoms with Gasteiger partial charge in [0.1, 0.15) is 5.75 Å². The molecule has 0 saturated carbocycles. The zero-order valence-corrected chi connectivity index (χ0v) is 15.1. The zero-order chi connectivity index (χ0) is 16.9. The van der Waals surface area contributed by atoms with E-state index >= 15 is 0 Å². The number of halogens is 1. The summed E-state index contributed by atoms with van der Waals surface area (Å²) in [4.78, 5) is 4.50. The predicted molar refractivity (Wildman–Crippen MR) is 100.0 cm³/mol. The highest BCUT2D eigenvalue weighted by molar-refractivity contribution is 5.85. The quantitative estimate of drug-likeness (QED) is 0.720. The summed E-state index contributed by atoms with van der Waals surface area (Å²) >= 11 is 0. The van der Waals surface area contributed by atoms with Crippen LogP contribution in [0, 0.1) is 0 Å². The molecule has 3 aromatic rings. The van der Waals surface area contributed by atoms with E-state index in [9.17, 15) is 0 Å². The average molecular weight is 360 g/mol. The zero-order valence-electron chi connectivity index (χ0n) is 14.3. The molecule has 5 nitrogen and oxygen atoms in total. The van der Waals surface area contributed by atoms with Crippen LogP contribution in [0.15, 0.2) is 53.1 Å². The number of methoxy groups -OCH3 is 1. The van der Waals surface area contributed by atoms with Crippen molar-refractivity contribution in [2.45, 2.75) is 25.8 Å². The molecule has 0 saturated heterocycles. The molecule has 1 unspecified atom stereocenters. The van der Waals surface area contributed by atoms with Crippen molar-refractivity contribution in [3.8, 4) is 17.1 Å². The van der Waals surface area contributed by atoms with Crippen molar-refractivity contribution >= 4 is 12.4 Å². The molecule has 0 aliphatic rings. The van der Waals surface area contributed by atoms with Crippen LogP contribution in [-0.4, -0.2) is 17.3 Å². The first kappa shape index (κ1) is 19.0. The minimum Gasteiger partial charge on any atom is -0.497 e. The third-order valence-corrected chi connectivity index (χ3v) is 4.08. The molecule has 0 radical (unpaired) electrons. The molecule has 0 aliphatic carbocycles. The van der Waals surface area contributed by atoms with Crippen molar-refractivity contribution in [3.05, 3.63) is 65.5 Å². The summed E-state index contributed by atoms with van der Waals surface area (Å²) in [6.45, 7) is 2.67. The van der Waals surface area contributed by atoms with Gasteiger partial charge in [-0.15, -0.1) is 12.4 Å². The first-order valence-corrected chi connectivity index (χ1v) is 7.95. The molecule has 0 amide bonds. The molecule has 3 rings (SSSR count). The molecule has 1 atom stereocenters. The van der Waals surface area contributed by atoms with Crippen LogP contribution in [0.1, 0.15) is 29.9 Å². The van der Waals surface area contributed by atoms with Crippen molar-refractivity contribution in [2.75, 3.05) is 7.11 Å². The summed E-state index contributed by atoms with van der Waals surface area (Å²) in [6.07, 6.45) is 0.695. The summed E-state index contributed by atoms with van der Waals surface area (Å²) in [5.41, 5.74) is 8.83. The topological polar surface area (TPSA) is 74.2 Å². The lowest BCUT2D eigenvalue weighted by Gasteiger charge is -2.09. The van der Waals surface area contributed by atoms with Gasteiger partial charge in [-0.05, 0) is 29.2 Å². The number of nitrogens with zero attached hydrogens (tertiary/aromatic N) is 2. The van der Waals surface area contributed by atoms with Crippen LogP contribution >= 0.6 is 12.4 Å².